The lowest BCUT2D eigenvalue weighted by atomic mass is 10.1. The third-order valence-electron chi connectivity index (χ3n) is 4.75. The summed E-state index contributed by atoms with van der Waals surface area (Å²) in [6.45, 7) is 1.71. The van der Waals surface area contributed by atoms with Gasteiger partial charge in [-0.3, -0.25) is 15.0 Å². The Bertz CT molecular complexity index is 1280. The number of carbonyl (C=O) groups is 1. The second-order valence-electron chi connectivity index (χ2n) is 6.96. The minimum atomic E-state index is -0.483. The average Bonchev–Trinajstić information content (AvgIpc) is 2.80. The topological polar surface area (TPSA) is 82.4 Å². The van der Waals surface area contributed by atoms with Crippen LogP contribution < -0.4 is 20.5 Å². The first-order valence-corrected chi connectivity index (χ1v) is 9.71. The maximum Gasteiger partial charge on any atom is 0.280 e. The van der Waals surface area contributed by atoms with E-state index in [2.05, 4.69) is 10.4 Å². The quantitative estimate of drug-likeness (QED) is 0.521. The first kappa shape index (κ1) is 20.2. The molecule has 0 aliphatic heterocycles. The van der Waals surface area contributed by atoms with Crippen LogP contribution in [0.2, 0.25) is 0 Å². The van der Waals surface area contributed by atoms with E-state index in [1.54, 1.807) is 49.6 Å². The van der Waals surface area contributed by atoms with Crippen molar-refractivity contribution in [2.75, 3.05) is 19.1 Å². The number of nitrogens with zero attached hydrogens (tertiary/aromatic N) is 2. The lowest BCUT2D eigenvalue weighted by Gasteiger charge is -2.15. The number of rotatable bonds is 6. The Balaban J connectivity index is 1.64. The van der Waals surface area contributed by atoms with Crippen LogP contribution in [0.4, 0.5) is 0 Å². The van der Waals surface area contributed by atoms with Gasteiger partial charge in [-0.25, -0.2) is 4.98 Å². The molecule has 1 aromatic heterocycles. The van der Waals surface area contributed by atoms with Gasteiger partial charge in [0.2, 0.25) is 0 Å². The minimum absolute atomic E-state index is 0.265. The Morgan fingerprint density at radius 3 is 2.35 bits per heavy atom. The smallest absolute Gasteiger partial charge is 0.280 e. The third kappa shape index (κ3) is 4.40. The molecule has 0 radical (unpaired) electrons. The molecule has 4 aromatic rings. The second-order valence-corrected chi connectivity index (χ2v) is 6.96. The van der Waals surface area contributed by atoms with Crippen molar-refractivity contribution < 1.29 is 14.3 Å². The number of aromatic nitrogens is 2. The number of hydrogen-bond donors (Lipinski definition) is 1. The Morgan fingerprint density at radius 2 is 1.65 bits per heavy atom. The van der Waals surface area contributed by atoms with E-state index in [1.165, 1.54) is 4.68 Å². The SMILES string of the molecule is COc1ccc(OCC(=O)Nn2c(-c3ccc(C)cc3)nc3ccccc3c2=O)cc1. The maximum absolute atomic E-state index is 13.1. The Labute approximate surface area is 178 Å². The summed E-state index contributed by atoms with van der Waals surface area (Å²) >= 11 is 0. The average molecular weight is 415 g/mol. The molecule has 7 heteroatoms. The van der Waals surface area contributed by atoms with Crippen LogP contribution in [0, 0.1) is 6.92 Å². The molecule has 0 bridgehead atoms. The van der Waals surface area contributed by atoms with Crippen LogP contribution in [-0.4, -0.2) is 29.3 Å². The molecule has 1 heterocycles. The zero-order chi connectivity index (χ0) is 21.8. The summed E-state index contributed by atoms with van der Waals surface area (Å²) in [6, 6.07) is 21.5. The van der Waals surface area contributed by atoms with Crippen molar-refractivity contribution in [2.45, 2.75) is 6.92 Å². The number of methoxy groups -OCH3 is 1. The van der Waals surface area contributed by atoms with Crippen molar-refractivity contribution in [3.63, 3.8) is 0 Å². The third-order valence-corrected chi connectivity index (χ3v) is 4.75. The van der Waals surface area contributed by atoms with E-state index < -0.39 is 5.91 Å². The number of ether oxygens (including phenoxy) is 2. The lowest BCUT2D eigenvalue weighted by Crippen LogP contribution is -2.37. The lowest BCUT2D eigenvalue weighted by molar-refractivity contribution is -0.119. The van der Waals surface area contributed by atoms with Gasteiger partial charge in [-0.15, -0.1) is 0 Å². The predicted octanol–water partition coefficient (Wildman–Crippen LogP) is 3.53. The summed E-state index contributed by atoms with van der Waals surface area (Å²) in [5.74, 6) is 1.07. The normalized spacial score (nSPS) is 10.6. The zero-order valence-electron chi connectivity index (χ0n) is 17.2. The van der Waals surface area contributed by atoms with Crippen LogP contribution in [0.15, 0.2) is 77.6 Å². The van der Waals surface area contributed by atoms with Crippen LogP contribution in [-0.2, 0) is 4.79 Å². The highest BCUT2D eigenvalue weighted by Gasteiger charge is 2.15. The van der Waals surface area contributed by atoms with E-state index in [9.17, 15) is 9.59 Å². The van der Waals surface area contributed by atoms with Gasteiger partial charge in [0.1, 0.15) is 11.5 Å². The van der Waals surface area contributed by atoms with Gasteiger partial charge in [0.05, 0.1) is 18.0 Å². The fourth-order valence-electron chi connectivity index (χ4n) is 3.11. The highest BCUT2D eigenvalue weighted by atomic mass is 16.5. The number of benzene rings is 3. The van der Waals surface area contributed by atoms with Crippen LogP contribution in [0.1, 0.15) is 5.56 Å². The number of hydrogen-bond acceptors (Lipinski definition) is 5. The molecule has 0 aliphatic rings. The largest absolute Gasteiger partial charge is 0.497 e. The summed E-state index contributed by atoms with van der Waals surface area (Å²) < 4.78 is 11.8. The highest BCUT2D eigenvalue weighted by molar-refractivity contribution is 5.87. The van der Waals surface area contributed by atoms with Gasteiger partial charge in [-0.2, -0.15) is 4.68 Å². The Morgan fingerprint density at radius 1 is 0.968 bits per heavy atom. The first-order valence-electron chi connectivity index (χ1n) is 9.71. The number of fused-ring (bicyclic) bond motifs is 1. The van der Waals surface area contributed by atoms with Gasteiger partial charge in [0, 0.05) is 5.56 Å². The molecule has 4 rings (SSSR count). The summed E-state index contributed by atoms with van der Waals surface area (Å²) in [4.78, 5) is 30.3. The molecule has 0 saturated heterocycles. The monoisotopic (exact) mass is 415 g/mol. The van der Waals surface area contributed by atoms with E-state index in [1.807, 2.05) is 37.3 Å². The summed E-state index contributed by atoms with van der Waals surface area (Å²) in [5.41, 5.74) is 4.62. The standard InChI is InChI=1S/C24H21N3O4/c1-16-7-9-17(10-8-16)23-25-21-6-4-3-5-20(21)24(29)27(23)26-22(28)15-31-19-13-11-18(30-2)12-14-19/h3-14H,15H2,1-2H3,(H,26,28). The molecular weight excluding hydrogens is 394 g/mol. The van der Waals surface area contributed by atoms with E-state index in [4.69, 9.17) is 9.47 Å². The van der Waals surface area contributed by atoms with Crippen LogP contribution in [0.5, 0.6) is 11.5 Å². The first-order chi connectivity index (χ1) is 15.0. The molecule has 3 aromatic carbocycles. The molecule has 0 spiro atoms. The minimum Gasteiger partial charge on any atom is -0.497 e. The van der Waals surface area contributed by atoms with Crippen molar-refractivity contribution in [1.82, 2.24) is 9.66 Å². The molecule has 0 fully saturated rings. The molecule has 0 saturated carbocycles. The van der Waals surface area contributed by atoms with Crippen LogP contribution in [0.25, 0.3) is 22.3 Å². The fraction of sp³-hybridized carbons (Fsp3) is 0.125. The van der Waals surface area contributed by atoms with Crippen molar-refractivity contribution in [3.8, 4) is 22.9 Å². The second kappa shape index (κ2) is 8.71. The molecule has 0 atom stereocenters. The van der Waals surface area contributed by atoms with E-state index in [-0.39, 0.29) is 12.2 Å². The molecule has 0 unspecified atom stereocenters. The number of amides is 1. The number of para-hydroxylation sites is 1. The van der Waals surface area contributed by atoms with Crippen LogP contribution in [0.3, 0.4) is 0 Å². The Kier molecular flexibility index (Phi) is 5.66. The summed E-state index contributed by atoms with van der Waals surface area (Å²) in [7, 11) is 1.57. The Hall–Kier alpha value is -4.13. The van der Waals surface area contributed by atoms with Gasteiger partial charge >= 0.3 is 0 Å². The van der Waals surface area contributed by atoms with E-state index in [0.717, 1.165) is 5.56 Å². The molecule has 1 amide bonds. The van der Waals surface area contributed by atoms with Crippen molar-refractivity contribution >= 4 is 16.8 Å². The van der Waals surface area contributed by atoms with E-state index in [0.29, 0.717) is 33.8 Å². The van der Waals surface area contributed by atoms with Gasteiger partial charge in [-0.1, -0.05) is 42.0 Å². The highest BCUT2D eigenvalue weighted by Crippen LogP contribution is 2.19. The maximum atomic E-state index is 13.1. The molecule has 31 heavy (non-hydrogen) atoms. The van der Waals surface area contributed by atoms with Gasteiger partial charge in [0.25, 0.3) is 11.5 Å². The van der Waals surface area contributed by atoms with Gasteiger partial charge < -0.3 is 9.47 Å². The van der Waals surface area contributed by atoms with Crippen molar-refractivity contribution in [3.05, 3.63) is 88.7 Å². The molecule has 0 aliphatic carbocycles. The van der Waals surface area contributed by atoms with Crippen LogP contribution >= 0.6 is 0 Å². The molecule has 156 valence electrons. The molecule has 1 N–H and O–H groups in total. The van der Waals surface area contributed by atoms with Gasteiger partial charge in [0.15, 0.2) is 12.4 Å². The summed E-state index contributed by atoms with van der Waals surface area (Å²) in [5, 5.41) is 0.412. The van der Waals surface area contributed by atoms with E-state index >= 15 is 0 Å². The number of carbonyl (C=O) groups excluding carboxylic acids is 1. The predicted molar refractivity (Wildman–Crippen MR) is 119 cm³/mol. The number of aryl methyl sites for hydroxylation is 1. The molecule has 7 nitrogen and oxygen atoms in total. The van der Waals surface area contributed by atoms with Crippen molar-refractivity contribution in [2.24, 2.45) is 0 Å². The number of nitrogens with one attached hydrogen (secondary N) is 1. The zero-order valence-corrected chi connectivity index (χ0v) is 17.2. The van der Waals surface area contributed by atoms with Gasteiger partial charge in [-0.05, 0) is 43.3 Å². The molecular formula is C24H21N3O4. The van der Waals surface area contributed by atoms with Crippen molar-refractivity contribution in [1.29, 1.82) is 0 Å². The fourth-order valence-corrected chi connectivity index (χ4v) is 3.11. The summed E-state index contributed by atoms with van der Waals surface area (Å²) in [6.07, 6.45) is 0.